The van der Waals surface area contributed by atoms with Gasteiger partial charge in [0.25, 0.3) is 0 Å². The van der Waals surface area contributed by atoms with Crippen LogP contribution in [0.25, 0.3) is 11.1 Å². The highest BCUT2D eigenvalue weighted by Crippen LogP contribution is 2.27. The molecule has 2 N–H and O–H groups in total. The fourth-order valence-electron chi connectivity index (χ4n) is 3.92. The van der Waals surface area contributed by atoms with Crippen LogP contribution in [0.4, 0.5) is 10.1 Å². The summed E-state index contributed by atoms with van der Waals surface area (Å²) >= 11 is 0. The van der Waals surface area contributed by atoms with E-state index in [0.717, 1.165) is 63.3 Å². The summed E-state index contributed by atoms with van der Waals surface area (Å²) < 4.78 is 18.9. The van der Waals surface area contributed by atoms with Crippen LogP contribution in [0.1, 0.15) is 12.8 Å². The molecule has 2 aliphatic rings. The van der Waals surface area contributed by atoms with Gasteiger partial charge in [-0.3, -0.25) is 0 Å². The Morgan fingerprint density at radius 1 is 1.07 bits per heavy atom. The maximum atomic E-state index is 13.2. The van der Waals surface area contributed by atoms with Gasteiger partial charge in [-0.05, 0) is 48.2 Å². The van der Waals surface area contributed by atoms with Crippen molar-refractivity contribution in [3.8, 4) is 11.1 Å². The maximum absolute atomic E-state index is 13.2. The van der Waals surface area contributed by atoms with E-state index in [1.807, 2.05) is 12.1 Å². The van der Waals surface area contributed by atoms with Crippen LogP contribution in [0, 0.1) is 5.82 Å². The number of nitrogens with zero attached hydrogens (tertiary/aromatic N) is 1. The lowest BCUT2D eigenvalue weighted by Gasteiger charge is -2.35. The first-order chi connectivity index (χ1) is 13.3. The van der Waals surface area contributed by atoms with Gasteiger partial charge in [0.2, 0.25) is 0 Å². The molecule has 2 heterocycles. The lowest BCUT2D eigenvalue weighted by atomic mass is 10.0. The Kier molecular flexibility index (Phi) is 6.02. The van der Waals surface area contributed by atoms with Gasteiger partial charge < -0.3 is 20.3 Å². The van der Waals surface area contributed by atoms with E-state index in [1.54, 1.807) is 0 Å². The topological polar surface area (TPSA) is 36.5 Å². The summed E-state index contributed by atoms with van der Waals surface area (Å²) in [5.74, 6) is -0.195. The van der Waals surface area contributed by atoms with E-state index in [1.165, 1.54) is 17.8 Å². The van der Waals surface area contributed by atoms with Crippen molar-refractivity contribution in [3.63, 3.8) is 0 Å². The SMILES string of the molecule is Fc1ccc(-c2cccc(N3CCC(NC[C@H]4CNCCO4)CC3)c2)cc1. The summed E-state index contributed by atoms with van der Waals surface area (Å²) in [5, 5.41) is 7.06. The molecule has 2 saturated heterocycles. The number of ether oxygens (including phenoxy) is 1. The number of piperidine rings is 1. The summed E-state index contributed by atoms with van der Waals surface area (Å²) in [6, 6.07) is 15.8. The van der Waals surface area contributed by atoms with Gasteiger partial charge in [0, 0.05) is 44.5 Å². The number of hydrogen-bond acceptors (Lipinski definition) is 4. The first-order valence-corrected chi connectivity index (χ1v) is 9.94. The number of rotatable bonds is 5. The van der Waals surface area contributed by atoms with Crippen LogP contribution in [0.2, 0.25) is 0 Å². The minimum atomic E-state index is -0.195. The Hall–Kier alpha value is -1.95. The standard InChI is InChI=1S/C22H28FN3O/c23-19-6-4-17(5-7-19)18-2-1-3-21(14-18)26-11-8-20(9-12-26)25-16-22-15-24-10-13-27-22/h1-7,14,20,22,24-25H,8-13,15-16H2/t22-/m1/s1. The number of morpholine rings is 1. The average Bonchev–Trinajstić information content (AvgIpc) is 2.74. The average molecular weight is 369 g/mol. The molecule has 1 atom stereocenters. The second kappa shape index (κ2) is 8.83. The molecule has 2 fully saturated rings. The van der Waals surface area contributed by atoms with Crippen LogP contribution in [0.3, 0.4) is 0 Å². The second-order valence-corrected chi connectivity index (χ2v) is 7.42. The smallest absolute Gasteiger partial charge is 0.123 e. The summed E-state index contributed by atoms with van der Waals surface area (Å²) in [6.45, 7) is 5.75. The molecule has 0 radical (unpaired) electrons. The Labute approximate surface area is 160 Å². The third-order valence-corrected chi connectivity index (χ3v) is 5.52. The molecule has 5 heteroatoms. The first kappa shape index (κ1) is 18.4. The van der Waals surface area contributed by atoms with Crippen LogP contribution in [0.15, 0.2) is 48.5 Å². The molecule has 144 valence electrons. The second-order valence-electron chi connectivity index (χ2n) is 7.42. The van der Waals surface area contributed by atoms with Gasteiger partial charge in [-0.25, -0.2) is 4.39 Å². The van der Waals surface area contributed by atoms with Gasteiger partial charge in [-0.1, -0.05) is 24.3 Å². The molecule has 0 saturated carbocycles. The van der Waals surface area contributed by atoms with Gasteiger partial charge in [0.1, 0.15) is 5.82 Å². The molecule has 2 aliphatic heterocycles. The van der Waals surface area contributed by atoms with Crippen LogP contribution in [0.5, 0.6) is 0 Å². The van der Waals surface area contributed by atoms with Crippen LogP contribution in [-0.2, 0) is 4.74 Å². The predicted octanol–water partition coefficient (Wildman–Crippen LogP) is 3.04. The number of nitrogens with one attached hydrogen (secondary N) is 2. The van der Waals surface area contributed by atoms with Crippen molar-refractivity contribution in [2.75, 3.05) is 44.2 Å². The minimum Gasteiger partial charge on any atom is -0.374 e. The predicted molar refractivity (Wildman–Crippen MR) is 108 cm³/mol. The molecule has 27 heavy (non-hydrogen) atoms. The Morgan fingerprint density at radius 3 is 2.63 bits per heavy atom. The zero-order valence-corrected chi connectivity index (χ0v) is 15.7. The molecule has 0 spiro atoms. The maximum Gasteiger partial charge on any atom is 0.123 e. The van der Waals surface area contributed by atoms with Crippen molar-refractivity contribution in [2.24, 2.45) is 0 Å². The minimum absolute atomic E-state index is 0.195. The van der Waals surface area contributed by atoms with Gasteiger partial charge in [-0.2, -0.15) is 0 Å². The first-order valence-electron chi connectivity index (χ1n) is 9.94. The van der Waals surface area contributed by atoms with Gasteiger partial charge in [-0.15, -0.1) is 0 Å². The van der Waals surface area contributed by atoms with Crippen LogP contribution in [-0.4, -0.2) is 51.5 Å². The number of halogens is 1. The lowest BCUT2D eigenvalue weighted by Crippen LogP contribution is -2.49. The molecule has 4 nitrogen and oxygen atoms in total. The van der Waals surface area contributed by atoms with E-state index >= 15 is 0 Å². The van der Waals surface area contributed by atoms with Crippen LogP contribution >= 0.6 is 0 Å². The van der Waals surface area contributed by atoms with E-state index in [9.17, 15) is 4.39 Å². The molecular formula is C22H28FN3O. The van der Waals surface area contributed by atoms with Gasteiger partial charge >= 0.3 is 0 Å². The van der Waals surface area contributed by atoms with Gasteiger partial charge in [0.15, 0.2) is 0 Å². The fraction of sp³-hybridized carbons (Fsp3) is 0.455. The summed E-state index contributed by atoms with van der Waals surface area (Å²) in [5.41, 5.74) is 3.43. The van der Waals surface area contributed by atoms with Crippen molar-refractivity contribution >= 4 is 5.69 Å². The Morgan fingerprint density at radius 2 is 1.89 bits per heavy atom. The fourth-order valence-corrected chi connectivity index (χ4v) is 3.92. The van der Waals surface area contributed by atoms with Crippen molar-refractivity contribution in [1.82, 2.24) is 10.6 Å². The Bertz CT molecular complexity index is 723. The molecule has 0 aromatic heterocycles. The summed E-state index contributed by atoms with van der Waals surface area (Å²) in [7, 11) is 0. The highest BCUT2D eigenvalue weighted by Gasteiger charge is 2.21. The highest BCUT2D eigenvalue weighted by atomic mass is 19.1. The van der Waals surface area contributed by atoms with Crippen molar-refractivity contribution in [3.05, 3.63) is 54.3 Å². The molecule has 2 aromatic rings. The molecular weight excluding hydrogens is 341 g/mol. The molecule has 0 bridgehead atoms. The van der Waals surface area contributed by atoms with E-state index in [0.29, 0.717) is 12.1 Å². The van der Waals surface area contributed by atoms with E-state index in [-0.39, 0.29) is 5.82 Å². The molecule has 4 rings (SSSR count). The largest absolute Gasteiger partial charge is 0.374 e. The third-order valence-electron chi connectivity index (χ3n) is 5.52. The molecule has 0 unspecified atom stereocenters. The number of anilines is 1. The molecule has 0 amide bonds. The van der Waals surface area contributed by atoms with Crippen LogP contribution < -0.4 is 15.5 Å². The summed E-state index contributed by atoms with van der Waals surface area (Å²) in [6.07, 6.45) is 2.58. The third kappa shape index (κ3) is 4.86. The Balaban J connectivity index is 1.31. The molecule has 0 aliphatic carbocycles. The quantitative estimate of drug-likeness (QED) is 0.849. The zero-order chi connectivity index (χ0) is 18.5. The van der Waals surface area contributed by atoms with Crippen molar-refractivity contribution in [1.29, 1.82) is 0 Å². The number of benzene rings is 2. The van der Waals surface area contributed by atoms with E-state index in [2.05, 4.69) is 39.8 Å². The van der Waals surface area contributed by atoms with Gasteiger partial charge in [0.05, 0.1) is 12.7 Å². The normalized spacial score (nSPS) is 21.4. The zero-order valence-electron chi connectivity index (χ0n) is 15.7. The highest BCUT2D eigenvalue weighted by molar-refractivity contribution is 5.68. The van der Waals surface area contributed by atoms with Crippen molar-refractivity contribution in [2.45, 2.75) is 25.0 Å². The summed E-state index contributed by atoms with van der Waals surface area (Å²) in [4.78, 5) is 2.45. The van der Waals surface area contributed by atoms with E-state index in [4.69, 9.17) is 4.74 Å². The lowest BCUT2D eigenvalue weighted by molar-refractivity contribution is 0.0271. The molecule has 2 aromatic carbocycles. The van der Waals surface area contributed by atoms with Crippen molar-refractivity contribution < 1.29 is 9.13 Å². The monoisotopic (exact) mass is 369 g/mol. The van der Waals surface area contributed by atoms with E-state index < -0.39 is 0 Å². The number of hydrogen-bond donors (Lipinski definition) is 2.